The fourth-order valence-corrected chi connectivity index (χ4v) is 1.23. The van der Waals surface area contributed by atoms with E-state index >= 15 is 0 Å². The van der Waals surface area contributed by atoms with Gasteiger partial charge in [-0.1, -0.05) is 34.6 Å². The van der Waals surface area contributed by atoms with Crippen molar-refractivity contribution in [3.8, 4) is 0 Å². The molecule has 4 nitrogen and oxygen atoms in total. The summed E-state index contributed by atoms with van der Waals surface area (Å²) in [5.41, 5.74) is 6.79. The SMILES string of the molecule is CC(C)(CN)CNc1ccc(C(C)(C)C)nn1. The van der Waals surface area contributed by atoms with Crippen LogP contribution in [0.1, 0.15) is 40.3 Å². The molecule has 3 N–H and O–H groups in total. The fourth-order valence-electron chi connectivity index (χ4n) is 1.23. The zero-order valence-corrected chi connectivity index (χ0v) is 11.5. The van der Waals surface area contributed by atoms with E-state index in [1.54, 1.807) is 0 Å². The molecule has 0 saturated heterocycles. The molecule has 0 atom stereocenters. The van der Waals surface area contributed by atoms with Crippen LogP contribution in [0.2, 0.25) is 0 Å². The van der Waals surface area contributed by atoms with Gasteiger partial charge in [0.15, 0.2) is 0 Å². The lowest BCUT2D eigenvalue weighted by Gasteiger charge is -2.23. The molecule has 0 amide bonds. The third-order valence-electron chi connectivity index (χ3n) is 2.73. The highest BCUT2D eigenvalue weighted by molar-refractivity contribution is 5.34. The molecule has 0 aliphatic rings. The van der Waals surface area contributed by atoms with E-state index in [0.29, 0.717) is 6.54 Å². The van der Waals surface area contributed by atoms with Crippen molar-refractivity contribution < 1.29 is 0 Å². The molecule has 0 bridgehead atoms. The average molecular weight is 236 g/mol. The third-order valence-corrected chi connectivity index (χ3v) is 2.73. The lowest BCUT2D eigenvalue weighted by atomic mass is 9.92. The summed E-state index contributed by atoms with van der Waals surface area (Å²) in [6.45, 7) is 12.1. The van der Waals surface area contributed by atoms with Crippen LogP contribution in [0.5, 0.6) is 0 Å². The van der Waals surface area contributed by atoms with E-state index in [9.17, 15) is 0 Å². The van der Waals surface area contributed by atoms with Crippen molar-refractivity contribution in [3.05, 3.63) is 17.8 Å². The molecule has 0 aliphatic heterocycles. The van der Waals surface area contributed by atoms with Gasteiger partial charge in [0.25, 0.3) is 0 Å². The Morgan fingerprint density at radius 2 is 1.76 bits per heavy atom. The van der Waals surface area contributed by atoms with Crippen LogP contribution in [0.4, 0.5) is 5.82 Å². The predicted molar refractivity (Wildman–Crippen MR) is 72.1 cm³/mol. The second-order valence-corrected chi connectivity index (χ2v) is 6.28. The topological polar surface area (TPSA) is 63.8 Å². The van der Waals surface area contributed by atoms with Crippen LogP contribution in [-0.4, -0.2) is 23.3 Å². The fraction of sp³-hybridized carbons (Fsp3) is 0.692. The zero-order chi connectivity index (χ0) is 13.1. The van der Waals surface area contributed by atoms with Crippen molar-refractivity contribution >= 4 is 5.82 Å². The Morgan fingerprint density at radius 1 is 1.12 bits per heavy atom. The number of nitrogens with zero attached hydrogens (tertiary/aromatic N) is 2. The van der Waals surface area contributed by atoms with E-state index < -0.39 is 0 Å². The molecule has 17 heavy (non-hydrogen) atoms. The maximum Gasteiger partial charge on any atom is 0.148 e. The molecule has 0 aromatic carbocycles. The number of anilines is 1. The Labute approximate surface area is 104 Å². The van der Waals surface area contributed by atoms with E-state index in [2.05, 4.69) is 50.1 Å². The van der Waals surface area contributed by atoms with E-state index in [1.807, 2.05) is 12.1 Å². The quantitative estimate of drug-likeness (QED) is 0.841. The molecule has 96 valence electrons. The first-order chi connectivity index (χ1) is 7.74. The monoisotopic (exact) mass is 236 g/mol. The summed E-state index contributed by atoms with van der Waals surface area (Å²) in [7, 11) is 0. The Morgan fingerprint density at radius 3 is 2.18 bits per heavy atom. The highest BCUT2D eigenvalue weighted by Crippen LogP contribution is 2.20. The molecule has 0 radical (unpaired) electrons. The smallest absolute Gasteiger partial charge is 0.148 e. The molecule has 0 aliphatic carbocycles. The van der Waals surface area contributed by atoms with Gasteiger partial charge in [-0.3, -0.25) is 0 Å². The number of rotatable bonds is 4. The summed E-state index contributed by atoms with van der Waals surface area (Å²) in [5.74, 6) is 0.805. The molecule has 0 fully saturated rings. The molecule has 0 unspecified atom stereocenters. The van der Waals surface area contributed by atoms with Crippen molar-refractivity contribution in [1.82, 2.24) is 10.2 Å². The highest BCUT2D eigenvalue weighted by Gasteiger charge is 2.17. The average Bonchev–Trinajstić information content (AvgIpc) is 2.26. The lowest BCUT2D eigenvalue weighted by molar-refractivity contribution is 0.405. The van der Waals surface area contributed by atoms with Crippen LogP contribution in [0.3, 0.4) is 0 Å². The number of hydrogen-bond donors (Lipinski definition) is 2. The maximum absolute atomic E-state index is 5.68. The van der Waals surface area contributed by atoms with E-state index in [4.69, 9.17) is 5.73 Å². The molecule has 0 spiro atoms. The third kappa shape index (κ3) is 4.30. The molecule has 4 heteroatoms. The van der Waals surface area contributed by atoms with Gasteiger partial charge >= 0.3 is 0 Å². The molecular formula is C13H24N4. The lowest BCUT2D eigenvalue weighted by Crippen LogP contribution is -2.31. The van der Waals surface area contributed by atoms with Gasteiger partial charge in [0, 0.05) is 12.0 Å². The van der Waals surface area contributed by atoms with Gasteiger partial charge in [-0.05, 0) is 24.1 Å². The minimum atomic E-state index is 0.0437. The van der Waals surface area contributed by atoms with Gasteiger partial charge < -0.3 is 11.1 Å². The summed E-state index contributed by atoms with van der Waals surface area (Å²) in [5, 5.41) is 11.7. The molecular weight excluding hydrogens is 212 g/mol. The van der Waals surface area contributed by atoms with E-state index in [0.717, 1.165) is 18.1 Å². The summed E-state index contributed by atoms with van der Waals surface area (Å²) in [6.07, 6.45) is 0. The number of nitrogens with one attached hydrogen (secondary N) is 1. The Kier molecular flexibility index (Phi) is 4.09. The van der Waals surface area contributed by atoms with Crippen LogP contribution >= 0.6 is 0 Å². The van der Waals surface area contributed by atoms with Crippen molar-refractivity contribution in [1.29, 1.82) is 0 Å². The summed E-state index contributed by atoms with van der Waals surface area (Å²) < 4.78 is 0. The number of hydrogen-bond acceptors (Lipinski definition) is 4. The maximum atomic E-state index is 5.68. The van der Waals surface area contributed by atoms with E-state index in [-0.39, 0.29) is 10.8 Å². The minimum absolute atomic E-state index is 0.0437. The van der Waals surface area contributed by atoms with Crippen molar-refractivity contribution in [2.45, 2.75) is 40.0 Å². The van der Waals surface area contributed by atoms with Crippen molar-refractivity contribution in [2.75, 3.05) is 18.4 Å². The molecule has 1 rings (SSSR count). The second kappa shape index (κ2) is 5.00. The molecule has 1 heterocycles. The normalized spacial score (nSPS) is 12.6. The van der Waals surface area contributed by atoms with Gasteiger partial charge in [-0.25, -0.2) is 0 Å². The predicted octanol–water partition coefficient (Wildman–Crippen LogP) is 2.17. The van der Waals surface area contributed by atoms with Gasteiger partial charge in [-0.2, -0.15) is 5.10 Å². The first-order valence-corrected chi connectivity index (χ1v) is 6.03. The van der Waals surface area contributed by atoms with Crippen LogP contribution in [0.25, 0.3) is 0 Å². The Bertz CT molecular complexity index is 349. The van der Waals surface area contributed by atoms with Crippen LogP contribution in [0.15, 0.2) is 12.1 Å². The van der Waals surface area contributed by atoms with Gasteiger partial charge in [-0.15, -0.1) is 5.10 Å². The van der Waals surface area contributed by atoms with Gasteiger partial charge in [0.05, 0.1) is 5.69 Å². The standard InChI is InChI=1S/C13H24N4/c1-12(2,3)10-6-7-11(17-16-10)15-9-13(4,5)8-14/h6-7H,8-9,14H2,1-5H3,(H,15,17). The Hall–Kier alpha value is -1.16. The van der Waals surface area contributed by atoms with Crippen LogP contribution in [0, 0.1) is 5.41 Å². The number of nitrogens with two attached hydrogens (primary N) is 1. The number of aromatic nitrogens is 2. The highest BCUT2D eigenvalue weighted by atomic mass is 15.2. The summed E-state index contributed by atoms with van der Waals surface area (Å²) in [6, 6.07) is 3.99. The summed E-state index contributed by atoms with van der Waals surface area (Å²) in [4.78, 5) is 0. The van der Waals surface area contributed by atoms with Crippen LogP contribution in [-0.2, 0) is 5.41 Å². The van der Waals surface area contributed by atoms with Crippen molar-refractivity contribution in [3.63, 3.8) is 0 Å². The minimum Gasteiger partial charge on any atom is -0.368 e. The van der Waals surface area contributed by atoms with Crippen molar-refractivity contribution in [2.24, 2.45) is 11.1 Å². The zero-order valence-electron chi connectivity index (χ0n) is 11.5. The first kappa shape index (κ1) is 13.9. The first-order valence-electron chi connectivity index (χ1n) is 6.03. The second-order valence-electron chi connectivity index (χ2n) is 6.28. The molecule has 1 aromatic heterocycles. The summed E-state index contributed by atoms with van der Waals surface area (Å²) >= 11 is 0. The van der Waals surface area contributed by atoms with Gasteiger partial charge in [0.1, 0.15) is 5.82 Å². The Balaban J connectivity index is 2.64. The largest absolute Gasteiger partial charge is 0.368 e. The van der Waals surface area contributed by atoms with Gasteiger partial charge in [0.2, 0.25) is 0 Å². The molecule has 0 saturated carbocycles. The van der Waals surface area contributed by atoms with Crippen LogP contribution < -0.4 is 11.1 Å². The van der Waals surface area contributed by atoms with E-state index in [1.165, 1.54) is 0 Å². The molecule has 1 aromatic rings.